The number of halogens is 4. The number of ether oxygens (including phenoxy) is 1. The molecular formula is C29H20BrF3N2O3S. The van der Waals surface area contributed by atoms with Gasteiger partial charge in [-0.3, -0.25) is 4.79 Å². The summed E-state index contributed by atoms with van der Waals surface area (Å²) in [6, 6.07) is 21.3. The molecule has 0 atom stereocenters. The lowest BCUT2D eigenvalue weighted by atomic mass is 9.98. The monoisotopic (exact) mass is 612 g/mol. The maximum atomic E-state index is 14.0. The number of amides is 1. The summed E-state index contributed by atoms with van der Waals surface area (Å²) in [5.41, 5.74) is 3.71. The van der Waals surface area contributed by atoms with Crippen molar-refractivity contribution < 1.29 is 27.5 Å². The molecule has 1 aliphatic carbocycles. The van der Waals surface area contributed by atoms with Gasteiger partial charge in [-0.05, 0) is 52.1 Å². The van der Waals surface area contributed by atoms with E-state index < -0.39 is 17.8 Å². The molecule has 0 saturated carbocycles. The SMILES string of the molecule is O=Cc1cccnc1Sc1c(CNC(=O)OCC2c3ccccc3-c3ccccc32)cc(Br)cc1C(F)(F)F. The number of nitrogens with zero attached hydrogens (tertiary/aromatic N) is 1. The van der Waals surface area contributed by atoms with Crippen molar-refractivity contribution in [3.05, 3.63) is 111 Å². The minimum atomic E-state index is -4.68. The molecule has 0 aliphatic heterocycles. The molecule has 0 saturated heterocycles. The summed E-state index contributed by atoms with van der Waals surface area (Å²) < 4.78 is 47.7. The van der Waals surface area contributed by atoms with Gasteiger partial charge in [-0.25, -0.2) is 9.78 Å². The molecule has 1 amide bonds. The fourth-order valence-corrected chi connectivity index (χ4v) is 6.20. The van der Waals surface area contributed by atoms with E-state index in [2.05, 4.69) is 26.2 Å². The van der Waals surface area contributed by atoms with E-state index in [9.17, 15) is 22.8 Å². The molecule has 1 heterocycles. The van der Waals surface area contributed by atoms with Crippen LogP contribution in [-0.4, -0.2) is 24.0 Å². The molecule has 0 spiro atoms. The van der Waals surface area contributed by atoms with E-state index in [1.807, 2.05) is 48.5 Å². The first kappa shape index (κ1) is 27.0. The molecule has 39 heavy (non-hydrogen) atoms. The van der Waals surface area contributed by atoms with Crippen molar-refractivity contribution in [1.29, 1.82) is 0 Å². The number of hydrogen-bond acceptors (Lipinski definition) is 5. The summed E-state index contributed by atoms with van der Waals surface area (Å²) >= 11 is 3.86. The molecule has 5 nitrogen and oxygen atoms in total. The van der Waals surface area contributed by atoms with Crippen molar-refractivity contribution in [1.82, 2.24) is 10.3 Å². The molecule has 1 N–H and O–H groups in total. The smallest absolute Gasteiger partial charge is 0.417 e. The molecule has 0 fully saturated rings. The first-order valence-electron chi connectivity index (χ1n) is 11.8. The Kier molecular flexibility index (Phi) is 7.76. The lowest BCUT2D eigenvalue weighted by molar-refractivity contribution is -0.139. The van der Waals surface area contributed by atoms with Crippen molar-refractivity contribution in [3.63, 3.8) is 0 Å². The number of aldehydes is 1. The van der Waals surface area contributed by atoms with Crippen LogP contribution in [0.15, 0.2) is 93.4 Å². The predicted molar refractivity (Wildman–Crippen MR) is 145 cm³/mol. The maximum absolute atomic E-state index is 14.0. The van der Waals surface area contributed by atoms with Crippen LogP contribution in [0.25, 0.3) is 11.1 Å². The second-order valence-electron chi connectivity index (χ2n) is 8.74. The van der Waals surface area contributed by atoms with Gasteiger partial charge < -0.3 is 10.1 Å². The van der Waals surface area contributed by atoms with Crippen molar-refractivity contribution >= 4 is 40.1 Å². The quantitative estimate of drug-likeness (QED) is 0.215. The lowest BCUT2D eigenvalue weighted by Crippen LogP contribution is -2.26. The summed E-state index contributed by atoms with van der Waals surface area (Å²) in [5, 5.41) is 2.71. The van der Waals surface area contributed by atoms with E-state index in [1.54, 1.807) is 0 Å². The molecule has 10 heteroatoms. The number of pyridine rings is 1. The third-order valence-electron chi connectivity index (χ3n) is 6.33. The third-order valence-corrected chi connectivity index (χ3v) is 8.01. The van der Waals surface area contributed by atoms with E-state index in [1.165, 1.54) is 24.4 Å². The van der Waals surface area contributed by atoms with E-state index in [-0.39, 0.29) is 44.6 Å². The van der Waals surface area contributed by atoms with Crippen LogP contribution in [0.5, 0.6) is 0 Å². The van der Waals surface area contributed by atoms with Gasteiger partial charge in [-0.15, -0.1) is 0 Å². The molecule has 3 aromatic carbocycles. The molecule has 5 rings (SSSR count). The number of rotatable bonds is 7. The zero-order chi connectivity index (χ0) is 27.6. The van der Waals surface area contributed by atoms with Crippen LogP contribution in [-0.2, 0) is 17.5 Å². The fraction of sp³-hybridized carbons (Fsp3) is 0.138. The number of benzene rings is 3. The number of fused-ring (bicyclic) bond motifs is 3. The van der Waals surface area contributed by atoms with Gasteiger partial charge in [0.25, 0.3) is 0 Å². The third kappa shape index (κ3) is 5.72. The predicted octanol–water partition coefficient (Wildman–Crippen LogP) is 7.87. The van der Waals surface area contributed by atoms with Gasteiger partial charge in [0, 0.05) is 33.6 Å². The zero-order valence-electron chi connectivity index (χ0n) is 20.2. The van der Waals surface area contributed by atoms with Crippen LogP contribution in [0, 0.1) is 0 Å². The van der Waals surface area contributed by atoms with Gasteiger partial charge in [0.1, 0.15) is 11.6 Å². The van der Waals surface area contributed by atoms with E-state index in [0.29, 0.717) is 6.29 Å². The first-order valence-corrected chi connectivity index (χ1v) is 13.4. The van der Waals surface area contributed by atoms with Gasteiger partial charge in [0.05, 0.1) is 5.56 Å². The molecule has 1 aromatic heterocycles. The Hall–Kier alpha value is -3.63. The summed E-state index contributed by atoms with van der Waals surface area (Å²) in [6.45, 7) is -0.158. The van der Waals surface area contributed by atoms with Crippen molar-refractivity contribution in [2.45, 2.75) is 28.6 Å². The van der Waals surface area contributed by atoms with Crippen LogP contribution >= 0.6 is 27.7 Å². The molecule has 198 valence electrons. The minimum Gasteiger partial charge on any atom is -0.449 e. The van der Waals surface area contributed by atoms with E-state index in [0.717, 1.165) is 40.1 Å². The van der Waals surface area contributed by atoms with Gasteiger partial charge in [0.2, 0.25) is 0 Å². The Morgan fingerprint density at radius 2 is 1.69 bits per heavy atom. The van der Waals surface area contributed by atoms with Crippen LogP contribution < -0.4 is 5.32 Å². The molecule has 4 aromatic rings. The molecule has 0 bridgehead atoms. The van der Waals surface area contributed by atoms with E-state index in [4.69, 9.17) is 4.74 Å². The Morgan fingerprint density at radius 1 is 1.03 bits per heavy atom. The second kappa shape index (κ2) is 11.2. The highest BCUT2D eigenvalue weighted by atomic mass is 79.9. The highest BCUT2D eigenvalue weighted by Crippen LogP contribution is 2.45. The van der Waals surface area contributed by atoms with Crippen molar-refractivity contribution in [2.24, 2.45) is 0 Å². The summed E-state index contributed by atoms with van der Waals surface area (Å²) in [4.78, 5) is 28.0. The Balaban J connectivity index is 1.35. The Labute approximate surface area is 234 Å². The Bertz CT molecular complexity index is 1520. The minimum absolute atomic E-state index is 0.0738. The fourth-order valence-electron chi connectivity index (χ4n) is 4.60. The summed E-state index contributed by atoms with van der Waals surface area (Å²) in [5.74, 6) is -0.150. The standard InChI is InChI=1S/C29H20BrF3N2O3S/c30-19-12-18(26(25(13-19)29(31,32)33)39-27-17(15-36)6-5-11-34-27)14-35-28(37)38-16-24-22-9-3-1-7-20(22)21-8-2-4-10-23(21)24/h1-13,15,24H,14,16H2,(H,35,37). The van der Waals surface area contributed by atoms with Crippen LogP contribution in [0.2, 0.25) is 0 Å². The second-order valence-corrected chi connectivity index (χ2v) is 10.7. The number of alkyl carbamates (subject to hydrolysis) is 1. The number of alkyl halides is 3. The van der Waals surface area contributed by atoms with E-state index >= 15 is 0 Å². The lowest BCUT2D eigenvalue weighted by Gasteiger charge is -2.18. The normalized spacial score (nSPS) is 12.5. The van der Waals surface area contributed by atoms with Crippen molar-refractivity contribution in [2.75, 3.05) is 6.61 Å². The molecular weight excluding hydrogens is 593 g/mol. The van der Waals surface area contributed by atoms with Crippen LogP contribution in [0.3, 0.4) is 0 Å². The van der Waals surface area contributed by atoms with Gasteiger partial charge in [-0.1, -0.05) is 76.2 Å². The van der Waals surface area contributed by atoms with Crippen molar-refractivity contribution in [3.8, 4) is 11.1 Å². The van der Waals surface area contributed by atoms with Crippen LogP contribution in [0.4, 0.5) is 18.0 Å². The highest BCUT2D eigenvalue weighted by molar-refractivity contribution is 9.10. The Morgan fingerprint density at radius 3 is 2.33 bits per heavy atom. The number of aromatic nitrogens is 1. The average Bonchev–Trinajstić information content (AvgIpc) is 3.25. The zero-order valence-corrected chi connectivity index (χ0v) is 22.6. The molecule has 1 aliphatic rings. The van der Waals surface area contributed by atoms with Crippen LogP contribution in [0.1, 0.15) is 38.5 Å². The number of hydrogen-bond donors (Lipinski definition) is 1. The molecule has 0 unspecified atom stereocenters. The largest absolute Gasteiger partial charge is 0.449 e. The first-order chi connectivity index (χ1) is 18.8. The van der Waals surface area contributed by atoms with Gasteiger partial charge in [0.15, 0.2) is 6.29 Å². The number of nitrogens with one attached hydrogen (secondary N) is 1. The van der Waals surface area contributed by atoms with Gasteiger partial charge >= 0.3 is 12.3 Å². The maximum Gasteiger partial charge on any atom is 0.417 e. The van der Waals surface area contributed by atoms with Gasteiger partial charge in [-0.2, -0.15) is 13.2 Å². The number of carbonyl (C=O) groups excluding carboxylic acids is 2. The topological polar surface area (TPSA) is 68.3 Å². The highest BCUT2D eigenvalue weighted by Gasteiger charge is 2.36. The summed E-state index contributed by atoms with van der Waals surface area (Å²) in [6.07, 6.45) is -3.50. The average molecular weight is 613 g/mol. The summed E-state index contributed by atoms with van der Waals surface area (Å²) in [7, 11) is 0. The number of carbonyl (C=O) groups is 2. The molecule has 0 radical (unpaired) electrons.